The lowest BCUT2D eigenvalue weighted by atomic mass is 10.00. The van der Waals surface area contributed by atoms with Crippen LogP contribution >= 0.6 is 0 Å². The van der Waals surface area contributed by atoms with Crippen LogP contribution in [0, 0.1) is 6.92 Å². The van der Waals surface area contributed by atoms with Crippen LogP contribution in [-0.2, 0) is 6.42 Å². The Morgan fingerprint density at radius 2 is 1.84 bits per heavy atom. The van der Waals surface area contributed by atoms with E-state index >= 15 is 0 Å². The number of benzene rings is 2. The highest BCUT2D eigenvalue weighted by molar-refractivity contribution is 5.37. The highest BCUT2D eigenvalue weighted by atomic mass is 16.5. The van der Waals surface area contributed by atoms with Gasteiger partial charge < -0.3 is 9.84 Å². The Bertz CT molecular complexity index is 520. The fourth-order valence-corrected chi connectivity index (χ4v) is 2.16. The summed E-state index contributed by atoms with van der Waals surface area (Å²) in [5.41, 5.74) is 3.25. The van der Waals surface area contributed by atoms with E-state index < -0.39 is 6.10 Å². The summed E-state index contributed by atoms with van der Waals surface area (Å²) in [7, 11) is 1.66. The van der Waals surface area contributed by atoms with Crippen molar-refractivity contribution < 1.29 is 9.84 Å². The first-order chi connectivity index (χ1) is 9.20. The molecule has 1 atom stereocenters. The molecule has 0 spiro atoms. The minimum Gasteiger partial charge on any atom is -0.496 e. The summed E-state index contributed by atoms with van der Waals surface area (Å²) >= 11 is 0. The molecule has 0 amide bonds. The van der Waals surface area contributed by atoms with Gasteiger partial charge in [0, 0.05) is 0 Å². The van der Waals surface area contributed by atoms with Crippen molar-refractivity contribution in [1.29, 1.82) is 0 Å². The molecule has 100 valence electrons. The molecule has 2 aromatic carbocycles. The summed E-state index contributed by atoms with van der Waals surface area (Å²) in [6, 6.07) is 16.1. The number of aliphatic hydroxyl groups excluding tert-OH is 1. The van der Waals surface area contributed by atoms with Crippen LogP contribution in [0.15, 0.2) is 48.5 Å². The molecule has 0 aliphatic carbocycles. The van der Waals surface area contributed by atoms with E-state index in [-0.39, 0.29) is 0 Å². The lowest BCUT2D eigenvalue weighted by Gasteiger charge is -2.13. The van der Waals surface area contributed by atoms with Crippen LogP contribution in [0.2, 0.25) is 0 Å². The number of aryl methyl sites for hydroxylation is 2. The van der Waals surface area contributed by atoms with E-state index in [1.54, 1.807) is 7.11 Å². The van der Waals surface area contributed by atoms with Crippen molar-refractivity contribution >= 4 is 0 Å². The second-order valence-corrected chi connectivity index (χ2v) is 4.77. The van der Waals surface area contributed by atoms with Crippen molar-refractivity contribution in [3.8, 4) is 5.75 Å². The fraction of sp³-hybridized carbons (Fsp3) is 0.294. The summed E-state index contributed by atoms with van der Waals surface area (Å²) in [6.45, 7) is 2.00. The normalized spacial score (nSPS) is 12.2. The standard InChI is InChI=1S/C17H20O2/c1-13-8-10-15(12-17(13)19-2)16(18)11-9-14-6-4-3-5-7-14/h3-8,10,12,16,18H,9,11H2,1-2H3. The third-order valence-electron chi connectivity index (χ3n) is 3.37. The number of methoxy groups -OCH3 is 1. The Morgan fingerprint density at radius 3 is 2.53 bits per heavy atom. The first-order valence-electron chi connectivity index (χ1n) is 6.57. The lowest BCUT2D eigenvalue weighted by molar-refractivity contribution is 0.167. The van der Waals surface area contributed by atoms with Gasteiger partial charge in [0.1, 0.15) is 5.75 Å². The average Bonchev–Trinajstić information content (AvgIpc) is 2.46. The van der Waals surface area contributed by atoms with Crippen molar-refractivity contribution in [2.75, 3.05) is 7.11 Å². The maximum atomic E-state index is 10.2. The molecule has 0 heterocycles. The molecule has 2 nitrogen and oxygen atoms in total. The molecule has 2 heteroatoms. The summed E-state index contributed by atoms with van der Waals surface area (Å²) in [4.78, 5) is 0. The second-order valence-electron chi connectivity index (χ2n) is 4.77. The predicted molar refractivity (Wildman–Crippen MR) is 77.5 cm³/mol. The fourth-order valence-electron chi connectivity index (χ4n) is 2.16. The quantitative estimate of drug-likeness (QED) is 0.884. The van der Waals surface area contributed by atoms with E-state index in [1.165, 1.54) is 5.56 Å². The number of aliphatic hydroxyl groups is 1. The monoisotopic (exact) mass is 256 g/mol. The molecule has 0 aliphatic heterocycles. The highest BCUT2D eigenvalue weighted by Crippen LogP contribution is 2.25. The van der Waals surface area contributed by atoms with Crippen molar-refractivity contribution in [2.24, 2.45) is 0 Å². The molecule has 1 N–H and O–H groups in total. The summed E-state index contributed by atoms with van der Waals surface area (Å²) in [6.07, 6.45) is 1.14. The number of hydrogen-bond acceptors (Lipinski definition) is 2. The Balaban J connectivity index is 2.02. The predicted octanol–water partition coefficient (Wildman–Crippen LogP) is 3.67. The SMILES string of the molecule is COc1cc(C(O)CCc2ccccc2)ccc1C. The molecule has 0 saturated carbocycles. The third-order valence-corrected chi connectivity index (χ3v) is 3.37. The minimum atomic E-state index is -0.449. The van der Waals surface area contributed by atoms with Crippen LogP contribution in [-0.4, -0.2) is 12.2 Å². The maximum Gasteiger partial charge on any atom is 0.122 e. The Hall–Kier alpha value is -1.80. The molecule has 0 radical (unpaired) electrons. The molecular formula is C17H20O2. The van der Waals surface area contributed by atoms with Gasteiger partial charge in [0.05, 0.1) is 13.2 Å². The number of rotatable bonds is 5. The first kappa shape index (κ1) is 13.6. The van der Waals surface area contributed by atoms with Crippen molar-refractivity contribution in [2.45, 2.75) is 25.9 Å². The summed E-state index contributed by atoms with van der Waals surface area (Å²) in [5.74, 6) is 0.830. The van der Waals surface area contributed by atoms with Crippen molar-refractivity contribution in [3.05, 3.63) is 65.2 Å². The largest absolute Gasteiger partial charge is 0.496 e. The topological polar surface area (TPSA) is 29.5 Å². The number of ether oxygens (including phenoxy) is 1. The zero-order valence-corrected chi connectivity index (χ0v) is 11.5. The van der Waals surface area contributed by atoms with E-state index in [2.05, 4.69) is 12.1 Å². The zero-order valence-electron chi connectivity index (χ0n) is 11.5. The van der Waals surface area contributed by atoms with Gasteiger partial charge in [-0.2, -0.15) is 0 Å². The molecule has 0 aliphatic rings. The average molecular weight is 256 g/mol. The van der Waals surface area contributed by atoms with Crippen LogP contribution in [0.1, 0.15) is 29.2 Å². The Labute approximate surface area is 114 Å². The van der Waals surface area contributed by atoms with Crippen molar-refractivity contribution in [3.63, 3.8) is 0 Å². The molecule has 19 heavy (non-hydrogen) atoms. The Morgan fingerprint density at radius 1 is 1.11 bits per heavy atom. The van der Waals surface area contributed by atoms with Crippen LogP contribution < -0.4 is 4.74 Å². The summed E-state index contributed by atoms with van der Waals surface area (Å²) in [5, 5.41) is 10.2. The van der Waals surface area contributed by atoms with E-state index in [0.717, 1.165) is 29.7 Å². The van der Waals surface area contributed by atoms with Gasteiger partial charge in [-0.3, -0.25) is 0 Å². The van der Waals surface area contributed by atoms with Crippen LogP contribution in [0.25, 0.3) is 0 Å². The van der Waals surface area contributed by atoms with Gasteiger partial charge in [0.15, 0.2) is 0 Å². The van der Waals surface area contributed by atoms with Crippen LogP contribution in [0.4, 0.5) is 0 Å². The second kappa shape index (κ2) is 6.39. The first-order valence-corrected chi connectivity index (χ1v) is 6.57. The van der Waals surface area contributed by atoms with Gasteiger partial charge in [-0.05, 0) is 42.5 Å². The van der Waals surface area contributed by atoms with Crippen molar-refractivity contribution in [1.82, 2.24) is 0 Å². The molecule has 2 rings (SSSR count). The zero-order chi connectivity index (χ0) is 13.7. The van der Waals surface area contributed by atoms with E-state index in [9.17, 15) is 5.11 Å². The van der Waals surface area contributed by atoms with Crippen LogP contribution in [0.5, 0.6) is 5.75 Å². The van der Waals surface area contributed by atoms with E-state index in [4.69, 9.17) is 4.74 Å². The molecule has 0 aromatic heterocycles. The third kappa shape index (κ3) is 3.58. The van der Waals surface area contributed by atoms with Gasteiger partial charge >= 0.3 is 0 Å². The highest BCUT2D eigenvalue weighted by Gasteiger charge is 2.10. The molecule has 0 saturated heterocycles. The van der Waals surface area contributed by atoms with Crippen LogP contribution in [0.3, 0.4) is 0 Å². The molecule has 0 bridgehead atoms. The van der Waals surface area contributed by atoms with Gasteiger partial charge in [-0.25, -0.2) is 0 Å². The smallest absolute Gasteiger partial charge is 0.122 e. The van der Waals surface area contributed by atoms with E-state index in [0.29, 0.717) is 0 Å². The minimum absolute atomic E-state index is 0.449. The molecule has 2 aromatic rings. The number of hydrogen-bond donors (Lipinski definition) is 1. The maximum absolute atomic E-state index is 10.2. The van der Waals surface area contributed by atoms with Gasteiger partial charge in [0.25, 0.3) is 0 Å². The molecule has 1 unspecified atom stereocenters. The van der Waals surface area contributed by atoms with Gasteiger partial charge in [0.2, 0.25) is 0 Å². The van der Waals surface area contributed by atoms with Gasteiger partial charge in [-0.1, -0.05) is 42.5 Å². The van der Waals surface area contributed by atoms with E-state index in [1.807, 2.05) is 43.3 Å². The van der Waals surface area contributed by atoms with Gasteiger partial charge in [-0.15, -0.1) is 0 Å². The summed E-state index contributed by atoms with van der Waals surface area (Å²) < 4.78 is 5.29. The molecule has 0 fully saturated rings. The molecular weight excluding hydrogens is 236 g/mol. The lowest BCUT2D eigenvalue weighted by Crippen LogP contribution is -2.01. The Kier molecular flexibility index (Phi) is 4.58.